The number of hydrogen-bond acceptors (Lipinski definition) is 9. The lowest BCUT2D eigenvalue weighted by molar-refractivity contribution is 0.310. The van der Waals surface area contributed by atoms with Crippen LogP contribution in [0.1, 0.15) is 0 Å². The summed E-state index contributed by atoms with van der Waals surface area (Å²) in [6.45, 7) is 0. The van der Waals surface area contributed by atoms with E-state index in [0.717, 1.165) is 0 Å². The first-order chi connectivity index (χ1) is 13.4. The van der Waals surface area contributed by atoms with E-state index < -0.39 is 16.9 Å². The van der Waals surface area contributed by atoms with E-state index in [-0.39, 0.29) is 51.0 Å². The molecule has 0 amide bonds. The molecule has 0 unspecified atom stereocenters. The maximum atomic E-state index is 13.1. The van der Waals surface area contributed by atoms with Crippen molar-refractivity contribution in [1.82, 2.24) is 0 Å². The summed E-state index contributed by atoms with van der Waals surface area (Å²) in [6, 6.07) is 3.86. The first kappa shape index (κ1) is 19.0. The minimum Gasteiger partial charge on any atom is -0.504 e. The maximum absolute atomic E-state index is 13.1. The zero-order valence-corrected chi connectivity index (χ0v) is 15.5. The molecule has 1 aromatic heterocycles. The summed E-state index contributed by atoms with van der Waals surface area (Å²) in [5, 5.41) is 29.7. The third-order valence-electron chi connectivity index (χ3n) is 4.20. The lowest BCUT2D eigenvalue weighted by Crippen LogP contribution is -2.09. The number of benzene rings is 2. The van der Waals surface area contributed by atoms with Gasteiger partial charge in [0.05, 0.1) is 28.4 Å². The van der Waals surface area contributed by atoms with E-state index in [2.05, 4.69) is 0 Å². The standard InChI is InChI=1S/C19H18O9/c1-24-16-12(22)11-13(23)17(25-2)19(27-4)18(26-3)15(11)28-14(16)8-5-6-9(20)10(21)7-8/h5-7,20-21,23H,1-4H3. The van der Waals surface area contributed by atoms with Crippen molar-refractivity contribution < 1.29 is 38.7 Å². The summed E-state index contributed by atoms with van der Waals surface area (Å²) in [5.74, 6) is -1.56. The van der Waals surface area contributed by atoms with Gasteiger partial charge < -0.3 is 38.7 Å². The predicted octanol–water partition coefficient (Wildman–Crippen LogP) is 2.61. The van der Waals surface area contributed by atoms with Gasteiger partial charge in [0.25, 0.3) is 0 Å². The molecule has 3 aromatic rings. The van der Waals surface area contributed by atoms with Gasteiger partial charge in [0.1, 0.15) is 5.39 Å². The van der Waals surface area contributed by atoms with Gasteiger partial charge >= 0.3 is 0 Å². The van der Waals surface area contributed by atoms with Crippen molar-refractivity contribution >= 4 is 11.0 Å². The number of aromatic hydroxyl groups is 3. The van der Waals surface area contributed by atoms with Crippen LogP contribution in [0.4, 0.5) is 0 Å². The van der Waals surface area contributed by atoms with Gasteiger partial charge in [0, 0.05) is 5.56 Å². The van der Waals surface area contributed by atoms with E-state index in [1.54, 1.807) is 0 Å². The smallest absolute Gasteiger partial charge is 0.239 e. The van der Waals surface area contributed by atoms with E-state index in [4.69, 9.17) is 23.4 Å². The van der Waals surface area contributed by atoms with Crippen LogP contribution >= 0.6 is 0 Å². The minimum atomic E-state index is -0.692. The highest BCUT2D eigenvalue weighted by Gasteiger charge is 2.29. The third kappa shape index (κ3) is 2.68. The molecule has 0 atom stereocenters. The molecule has 0 aliphatic carbocycles. The molecule has 0 aliphatic heterocycles. The van der Waals surface area contributed by atoms with E-state index in [0.29, 0.717) is 0 Å². The Morgan fingerprint density at radius 1 is 0.786 bits per heavy atom. The van der Waals surface area contributed by atoms with Gasteiger partial charge in [-0.25, -0.2) is 0 Å². The molecule has 0 fully saturated rings. The fourth-order valence-electron chi connectivity index (χ4n) is 2.92. The highest BCUT2D eigenvalue weighted by atomic mass is 16.5. The fourth-order valence-corrected chi connectivity index (χ4v) is 2.92. The van der Waals surface area contributed by atoms with Crippen molar-refractivity contribution in [3.8, 4) is 51.6 Å². The molecule has 1 heterocycles. The number of phenolic OH excluding ortho intramolecular Hbond substituents is 3. The third-order valence-corrected chi connectivity index (χ3v) is 4.20. The number of ether oxygens (including phenoxy) is 4. The van der Waals surface area contributed by atoms with Crippen LogP contribution in [0.25, 0.3) is 22.3 Å². The van der Waals surface area contributed by atoms with Crippen LogP contribution in [-0.4, -0.2) is 43.8 Å². The molecule has 0 saturated carbocycles. The van der Waals surface area contributed by atoms with Crippen molar-refractivity contribution in [2.24, 2.45) is 0 Å². The fraction of sp³-hybridized carbons (Fsp3) is 0.211. The lowest BCUT2D eigenvalue weighted by Gasteiger charge is -2.17. The SMILES string of the molecule is COc1c(OC)c(O)c2c(=O)c(OC)c(-c3ccc(O)c(O)c3)oc2c1OC. The van der Waals surface area contributed by atoms with Crippen LogP contribution in [0.3, 0.4) is 0 Å². The monoisotopic (exact) mass is 390 g/mol. The molecule has 0 saturated heterocycles. The molecule has 0 spiro atoms. The summed E-state index contributed by atoms with van der Waals surface area (Å²) in [6.07, 6.45) is 0. The van der Waals surface area contributed by atoms with Crippen molar-refractivity contribution in [3.63, 3.8) is 0 Å². The van der Waals surface area contributed by atoms with E-state index in [9.17, 15) is 20.1 Å². The van der Waals surface area contributed by atoms with Crippen LogP contribution in [0.2, 0.25) is 0 Å². The Hall–Kier alpha value is -3.75. The summed E-state index contributed by atoms with van der Waals surface area (Å²) in [7, 11) is 5.24. The van der Waals surface area contributed by atoms with Crippen molar-refractivity contribution in [2.75, 3.05) is 28.4 Å². The van der Waals surface area contributed by atoms with Crippen molar-refractivity contribution in [1.29, 1.82) is 0 Å². The molecule has 9 heteroatoms. The Kier molecular flexibility index (Phi) is 4.83. The molecule has 2 aromatic carbocycles. The molecular formula is C19H18O9. The minimum absolute atomic E-state index is 0.0242. The van der Waals surface area contributed by atoms with Gasteiger partial charge in [-0.2, -0.15) is 0 Å². The van der Waals surface area contributed by atoms with E-state index >= 15 is 0 Å². The van der Waals surface area contributed by atoms with Crippen LogP contribution in [-0.2, 0) is 0 Å². The number of hydrogen-bond donors (Lipinski definition) is 3. The summed E-state index contributed by atoms with van der Waals surface area (Å²) in [4.78, 5) is 13.1. The quantitative estimate of drug-likeness (QED) is 0.563. The second-order valence-corrected chi connectivity index (χ2v) is 5.65. The van der Waals surface area contributed by atoms with Gasteiger partial charge in [0.2, 0.25) is 28.4 Å². The summed E-state index contributed by atoms with van der Waals surface area (Å²) >= 11 is 0. The number of rotatable bonds is 5. The normalized spacial score (nSPS) is 10.7. The Morgan fingerprint density at radius 3 is 1.93 bits per heavy atom. The molecule has 148 valence electrons. The van der Waals surface area contributed by atoms with Gasteiger partial charge in [-0.05, 0) is 18.2 Å². The molecule has 9 nitrogen and oxygen atoms in total. The van der Waals surface area contributed by atoms with Crippen LogP contribution < -0.4 is 24.4 Å². The van der Waals surface area contributed by atoms with Crippen LogP contribution in [0, 0.1) is 0 Å². The zero-order valence-electron chi connectivity index (χ0n) is 15.5. The zero-order chi connectivity index (χ0) is 20.6. The average Bonchev–Trinajstić information content (AvgIpc) is 2.69. The highest BCUT2D eigenvalue weighted by Crippen LogP contribution is 2.51. The number of fused-ring (bicyclic) bond motifs is 1. The first-order valence-corrected chi connectivity index (χ1v) is 7.97. The first-order valence-electron chi connectivity index (χ1n) is 7.97. The van der Waals surface area contributed by atoms with Crippen LogP contribution in [0.15, 0.2) is 27.4 Å². The van der Waals surface area contributed by atoms with E-state index in [1.807, 2.05) is 0 Å². The second-order valence-electron chi connectivity index (χ2n) is 5.65. The van der Waals surface area contributed by atoms with Gasteiger partial charge in [-0.15, -0.1) is 0 Å². The van der Waals surface area contributed by atoms with Gasteiger partial charge in [0.15, 0.2) is 28.6 Å². The molecule has 0 aliphatic rings. The maximum Gasteiger partial charge on any atom is 0.239 e. The Balaban J connectivity index is 2.52. The molecule has 3 N–H and O–H groups in total. The molecule has 3 rings (SSSR count). The number of methoxy groups -OCH3 is 4. The Morgan fingerprint density at radius 2 is 1.39 bits per heavy atom. The Bertz CT molecular complexity index is 1120. The largest absolute Gasteiger partial charge is 0.504 e. The highest BCUT2D eigenvalue weighted by molar-refractivity contribution is 5.96. The predicted molar refractivity (Wildman–Crippen MR) is 99.1 cm³/mol. The summed E-state index contributed by atoms with van der Waals surface area (Å²) in [5.41, 5.74) is -0.545. The van der Waals surface area contributed by atoms with Crippen molar-refractivity contribution in [2.45, 2.75) is 0 Å². The molecule has 0 bridgehead atoms. The van der Waals surface area contributed by atoms with Crippen LogP contribution in [0.5, 0.6) is 40.2 Å². The summed E-state index contributed by atoms with van der Waals surface area (Å²) < 4.78 is 26.8. The second kappa shape index (κ2) is 7.10. The molecule has 0 radical (unpaired) electrons. The number of phenols is 3. The lowest BCUT2D eigenvalue weighted by atomic mass is 10.1. The topological polar surface area (TPSA) is 128 Å². The molecule has 28 heavy (non-hydrogen) atoms. The Labute approximate surface area is 158 Å². The van der Waals surface area contributed by atoms with Gasteiger partial charge in [-0.1, -0.05) is 0 Å². The average molecular weight is 390 g/mol. The van der Waals surface area contributed by atoms with Gasteiger partial charge in [-0.3, -0.25) is 4.79 Å². The van der Waals surface area contributed by atoms with E-state index in [1.165, 1.54) is 46.6 Å². The van der Waals surface area contributed by atoms with Crippen molar-refractivity contribution in [3.05, 3.63) is 28.4 Å². The molecular weight excluding hydrogens is 372 g/mol.